The van der Waals surface area contributed by atoms with Gasteiger partial charge in [0.2, 0.25) is 6.29 Å². The Morgan fingerprint density at radius 1 is 1.09 bits per heavy atom. The molecule has 2 heterocycles. The highest BCUT2D eigenvalue weighted by atomic mass is 16.8. The number of aliphatic hydroxyl groups excluding tert-OH is 2. The van der Waals surface area contributed by atoms with Crippen LogP contribution in [0.4, 0.5) is 0 Å². The first-order valence-corrected chi connectivity index (χ1v) is 7.78. The standard InChI is InChI=1S/C14H24N2O7/c1-5-4-6(17)14(20)13(21-5)22-12-10(19)7(15-2)9(18)8(16-3)11(12)23-14/h5,7-13,15-16,18-20H,4H2,1-3H3/t5?,7?,8?,9?,10?,11-,12-,13+,14+/m1/s1. The number of ether oxygens (including phenoxy) is 3. The number of carbonyl (C=O) groups excluding carboxylic acids is 1. The molecule has 2 aliphatic heterocycles. The van der Waals surface area contributed by atoms with Gasteiger partial charge >= 0.3 is 0 Å². The van der Waals surface area contributed by atoms with Crippen molar-refractivity contribution in [2.75, 3.05) is 14.1 Å². The maximum absolute atomic E-state index is 12.2. The summed E-state index contributed by atoms with van der Waals surface area (Å²) in [5.74, 6) is -2.76. The van der Waals surface area contributed by atoms with E-state index in [0.29, 0.717) is 0 Å². The topological polar surface area (TPSA) is 130 Å². The molecule has 0 amide bonds. The second-order valence-electron chi connectivity index (χ2n) is 6.40. The SMILES string of the molecule is CNC1C(O)C(NC)[C@H]2O[C@@]3(O)C(=O)CC(C)O[C@H]3O[C@@H]2C1O. The lowest BCUT2D eigenvalue weighted by atomic mass is 9.80. The molecule has 23 heavy (non-hydrogen) atoms. The summed E-state index contributed by atoms with van der Waals surface area (Å²) in [5, 5.41) is 37.2. The number of nitrogens with one attached hydrogen (secondary N) is 2. The lowest BCUT2D eigenvalue weighted by molar-refractivity contribution is -0.420. The summed E-state index contributed by atoms with van der Waals surface area (Å²) in [6.07, 6.45) is -5.58. The molecule has 5 N–H and O–H groups in total. The third kappa shape index (κ3) is 2.52. The van der Waals surface area contributed by atoms with Crippen LogP contribution in [0.2, 0.25) is 0 Å². The van der Waals surface area contributed by atoms with Crippen molar-refractivity contribution in [2.45, 2.75) is 68.0 Å². The molecule has 132 valence electrons. The number of aliphatic hydroxyl groups is 3. The molecule has 0 radical (unpaired) electrons. The van der Waals surface area contributed by atoms with E-state index in [9.17, 15) is 20.1 Å². The van der Waals surface area contributed by atoms with E-state index in [2.05, 4.69) is 10.6 Å². The van der Waals surface area contributed by atoms with Crippen LogP contribution >= 0.6 is 0 Å². The van der Waals surface area contributed by atoms with E-state index in [1.807, 2.05) is 0 Å². The maximum Gasteiger partial charge on any atom is 0.280 e. The van der Waals surface area contributed by atoms with E-state index in [-0.39, 0.29) is 6.42 Å². The summed E-state index contributed by atoms with van der Waals surface area (Å²) in [6, 6.07) is -1.29. The van der Waals surface area contributed by atoms with Crippen LogP contribution in [0.15, 0.2) is 0 Å². The van der Waals surface area contributed by atoms with Crippen LogP contribution in [0.25, 0.3) is 0 Å². The number of ketones is 1. The van der Waals surface area contributed by atoms with Crippen molar-refractivity contribution in [1.29, 1.82) is 0 Å². The molecule has 2 saturated heterocycles. The predicted octanol–water partition coefficient (Wildman–Crippen LogP) is -2.93. The van der Waals surface area contributed by atoms with E-state index in [4.69, 9.17) is 14.2 Å². The van der Waals surface area contributed by atoms with Gasteiger partial charge in [-0.25, -0.2) is 0 Å². The predicted molar refractivity (Wildman–Crippen MR) is 76.4 cm³/mol. The molecule has 0 aromatic heterocycles. The second kappa shape index (κ2) is 6.01. The van der Waals surface area contributed by atoms with Crippen molar-refractivity contribution in [3.63, 3.8) is 0 Å². The molecule has 9 heteroatoms. The van der Waals surface area contributed by atoms with Crippen molar-refractivity contribution in [1.82, 2.24) is 10.6 Å². The van der Waals surface area contributed by atoms with Crippen molar-refractivity contribution >= 4 is 5.78 Å². The molecule has 0 spiro atoms. The fourth-order valence-electron chi connectivity index (χ4n) is 3.68. The van der Waals surface area contributed by atoms with Crippen molar-refractivity contribution in [3.8, 4) is 0 Å². The molecule has 1 aliphatic carbocycles. The molecule has 9 atom stereocenters. The number of hydrogen-bond acceptors (Lipinski definition) is 9. The maximum atomic E-state index is 12.2. The summed E-state index contributed by atoms with van der Waals surface area (Å²) < 4.78 is 16.8. The first kappa shape index (κ1) is 17.2. The van der Waals surface area contributed by atoms with Gasteiger partial charge in [-0.2, -0.15) is 0 Å². The Labute approximate surface area is 133 Å². The molecule has 9 nitrogen and oxygen atoms in total. The Morgan fingerprint density at radius 2 is 1.74 bits per heavy atom. The zero-order valence-electron chi connectivity index (χ0n) is 13.3. The molecular formula is C14H24N2O7. The van der Waals surface area contributed by atoms with Gasteiger partial charge in [0.25, 0.3) is 5.79 Å². The highest BCUT2D eigenvalue weighted by Gasteiger charge is 2.63. The fourth-order valence-corrected chi connectivity index (χ4v) is 3.68. The minimum Gasteiger partial charge on any atom is -0.390 e. The van der Waals surface area contributed by atoms with Gasteiger partial charge in [-0.3, -0.25) is 4.79 Å². The molecule has 0 bridgehead atoms. The van der Waals surface area contributed by atoms with Crippen LogP contribution in [0.3, 0.4) is 0 Å². The van der Waals surface area contributed by atoms with Crippen LogP contribution in [-0.2, 0) is 19.0 Å². The Morgan fingerprint density at radius 3 is 2.35 bits per heavy atom. The number of likely N-dealkylation sites (N-methyl/N-ethyl adjacent to an activating group) is 2. The number of rotatable bonds is 2. The van der Waals surface area contributed by atoms with Gasteiger partial charge < -0.3 is 40.2 Å². The lowest BCUT2D eigenvalue weighted by Crippen LogP contribution is -2.77. The molecule has 3 fully saturated rings. The van der Waals surface area contributed by atoms with E-state index in [1.54, 1.807) is 21.0 Å². The Kier molecular flexibility index (Phi) is 4.49. The highest BCUT2D eigenvalue weighted by molar-refractivity contribution is 5.87. The average molecular weight is 332 g/mol. The first-order valence-electron chi connectivity index (χ1n) is 7.78. The van der Waals surface area contributed by atoms with Crippen LogP contribution in [0.1, 0.15) is 13.3 Å². The third-order valence-corrected chi connectivity index (χ3v) is 4.93. The molecule has 0 aromatic carbocycles. The van der Waals surface area contributed by atoms with E-state index in [1.165, 1.54) is 0 Å². The second-order valence-corrected chi connectivity index (χ2v) is 6.40. The summed E-state index contributed by atoms with van der Waals surface area (Å²) >= 11 is 0. The fraction of sp³-hybridized carbons (Fsp3) is 0.929. The van der Waals surface area contributed by atoms with Crippen molar-refractivity contribution in [3.05, 3.63) is 0 Å². The number of hydrogen-bond donors (Lipinski definition) is 5. The largest absolute Gasteiger partial charge is 0.390 e. The number of Topliss-reactive ketones (excluding diaryl/α,β-unsaturated/α-hetero) is 1. The van der Waals surface area contributed by atoms with Gasteiger partial charge in [-0.15, -0.1) is 0 Å². The Balaban J connectivity index is 1.92. The van der Waals surface area contributed by atoms with Gasteiger partial charge in [0.15, 0.2) is 5.78 Å². The molecular weight excluding hydrogens is 308 g/mol. The van der Waals surface area contributed by atoms with Gasteiger partial charge in [0.1, 0.15) is 18.3 Å². The minimum atomic E-state index is -2.23. The van der Waals surface area contributed by atoms with Gasteiger partial charge in [0.05, 0.1) is 24.3 Å². The van der Waals surface area contributed by atoms with Crippen LogP contribution < -0.4 is 10.6 Å². The zero-order chi connectivity index (χ0) is 16.9. The number of fused-ring (bicyclic) bond motifs is 2. The lowest BCUT2D eigenvalue weighted by Gasteiger charge is -2.55. The molecule has 3 rings (SSSR count). The van der Waals surface area contributed by atoms with Gasteiger partial charge in [-0.05, 0) is 21.0 Å². The molecule has 1 saturated carbocycles. The normalized spacial score (nSPS) is 53.6. The van der Waals surface area contributed by atoms with Crippen LogP contribution in [0.5, 0.6) is 0 Å². The van der Waals surface area contributed by atoms with Gasteiger partial charge in [0, 0.05) is 6.42 Å². The smallest absolute Gasteiger partial charge is 0.280 e. The van der Waals surface area contributed by atoms with E-state index in [0.717, 1.165) is 0 Å². The first-order chi connectivity index (χ1) is 10.8. The van der Waals surface area contributed by atoms with Gasteiger partial charge in [-0.1, -0.05) is 0 Å². The Bertz CT molecular complexity index is 478. The summed E-state index contributed by atoms with van der Waals surface area (Å²) in [7, 11) is 3.24. The summed E-state index contributed by atoms with van der Waals surface area (Å²) in [5.41, 5.74) is 0. The quantitative estimate of drug-likeness (QED) is 0.361. The third-order valence-electron chi connectivity index (χ3n) is 4.93. The average Bonchev–Trinajstić information content (AvgIpc) is 2.49. The molecule has 3 aliphatic rings. The van der Waals surface area contributed by atoms with E-state index < -0.39 is 60.5 Å². The Hall–Kier alpha value is -0.650. The zero-order valence-corrected chi connectivity index (χ0v) is 13.3. The highest BCUT2D eigenvalue weighted by Crippen LogP contribution is 2.40. The van der Waals surface area contributed by atoms with Crippen LogP contribution in [-0.4, -0.2) is 89.9 Å². The van der Waals surface area contributed by atoms with E-state index >= 15 is 0 Å². The molecule has 0 aromatic rings. The monoisotopic (exact) mass is 332 g/mol. The summed E-state index contributed by atoms with van der Waals surface area (Å²) in [6.45, 7) is 1.70. The van der Waals surface area contributed by atoms with Crippen molar-refractivity contribution in [2.24, 2.45) is 0 Å². The minimum absolute atomic E-state index is 0.00220. The molecule has 5 unspecified atom stereocenters. The number of carbonyl (C=O) groups is 1. The van der Waals surface area contributed by atoms with Crippen molar-refractivity contribution < 1.29 is 34.3 Å². The summed E-state index contributed by atoms with van der Waals surface area (Å²) in [4.78, 5) is 12.2. The van der Waals surface area contributed by atoms with Crippen LogP contribution in [0, 0.1) is 0 Å².